The van der Waals surface area contributed by atoms with Crippen LogP contribution in [0.25, 0.3) is 0 Å². The standard InChI is InChI=1S/C21H30N4/c1-5-17-10-12-18(13-11-17)21(3,4)16-25-20(22-6-2)24-15-19-9-7-8-14-23-19/h7-14H,5-6,15-16H2,1-4H3,(H2,22,24,25). The van der Waals surface area contributed by atoms with E-state index in [1.54, 1.807) is 6.20 Å². The summed E-state index contributed by atoms with van der Waals surface area (Å²) >= 11 is 0. The molecule has 0 amide bonds. The highest BCUT2D eigenvalue weighted by molar-refractivity contribution is 5.79. The van der Waals surface area contributed by atoms with E-state index in [4.69, 9.17) is 0 Å². The van der Waals surface area contributed by atoms with Crippen molar-refractivity contribution in [1.29, 1.82) is 0 Å². The van der Waals surface area contributed by atoms with Crippen LogP contribution in [-0.2, 0) is 18.4 Å². The zero-order chi connectivity index (χ0) is 18.1. The first-order chi connectivity index (χ1) is 12.0. The Morgan fingerprint density at radius 3 is 2.40 bits per heavy atom. The van der Waals surface area contributed by atoms with Crippen molar-refractivity contribution in [3.8, 4) is 0 Å². The van der Waals surface area contributed by atoms with Gasteiger partial charge in [0.1, 0.15) is 0 Å². The van der Waals surface area contributed by atoms with Gasteiger partial charge in [0.05, 0.1) is 12.2 Å². The van der Waals surface area contributed by atoms with Crippen molar-refractivity contribution >= 4 is 5.96 Å². The minimum absolute atomic E-state index is 0.0213. The van der Waals surface area contributed by atoms with E-state index in [0.29, 0.717) is 6.54 Å². The summed E-state index contributed by atoms with van der Waals surface area (Å²) in [6, 6.07) is 14.8. The summed E-state index contributed by atoms with van der Waals surface area (Å²) in [6.07, 6.45) is 2.87. The number of nitrogens with one attached hydrogen (secondary N) is 2. The van der Waals surface area contributed by atoms with Gasteiger partial charge in [-0.2, -0.15) is 0 Å². The van der Waals surface area contributed by atoms with Gasteiger partial charge in [-0.3, -0.25) is 4.98 Å². The van der Waals surface area contributed by atoms with Crippen LogP contribution in [0, 0.1) is 0 Å². The molecule has 0 fully saturated rings. The first kappa shape index (κ1) is 19.0. The predicted octanol–water partition coefficient (Wildman–Crippen LogP) is 3.68. The lowest BCUT2D eigenvalue weighted by Gasteiger charge is -2.27. The van der Waals surface area contributed by atoms with Crippen molar-refractivity contribution < 1.29 is 0 Å². The van der Waals surface area contributed by atoms with E-state index >= 15 is 0 Å². The van der Waals surface area contributed by atoms with Crippen LogP contribution in [0.4, 0.5) is 0 Å². The Kier molecular flexibility index (Phi) is 6.99. The van der Waals surface area contributed by atoms with Gasteiger partial charge in [-0.25, -0.2) is 4.99 Å². The lowest BCUT2D eigenvalue weighted by atomic mass is 9.84. The number of nitrogens with zero attached hydrogens (tertiary/aromatic N) is 2. The molecule has 0 unspecified atom stereocenters. The number of rotatable bonds is 7. The normalized spacial score (nSPS) is 12.1. The Bertz CT molecular complexity index is 660. The highest BCUT2D eigenvalue weighted by Crippen LogP contribution is 2.22. The topological polar surface area (TPSA) is 49.3 Å². The second kappa shape index (κ2) is 9.21. The van der Waals surface area contributed by atoms with E-state index < -0.39 is 0 Å². The van der Waals surface area contributed by atoms with Crippen molar-refractivity contribution in [2.45, 2.75) is 46.1 Å². The molecule has 0 saturated carbocycles. The molecule has 0 spiro atoms. The number of aliphatic imine (C=N–C) groups is 1. The van der Waals surface area contributed by atoms with Crippen molar-refractivity contribution in [2.75, 3.05) is 13.1 Å². The first-order valence-corrected chi connectivity index (χ1v) is 9.06. The molecule has 25 heavy (non-hydrogen) atoms. The van der Waals surface area contributed by atoms with Crippen molar-refractivity contribution in [3.05, 3.63) is 65.5 Å². The average Bonchev–Trinajstić information content (AvgIpc) is 2.65. The minimum Gasteiger partial charge on any atom is -0.357 e. The fourth-order valence-electron chi connectivity index (χ4n) is 2.59. The second-order valence-corrected chi connectivity index (χ2v) is 6.80. The van der Waals surface area contributed by atoms with E-state index in [1.807, 2.05) is 18.2 Å². The molecule has 0 radical (unpaired) electrons. The Morgan fingerprint density at radius 1 is 1.04 bits per heavy atom. The summed E-state index contributed by atoms with van der Waals surface area (Å²) in [6.45, 7) is 11.0. The zero-order valence-corrected chi connectivity index (χ0v) is 15.8. The van der Waals surface area contributed by atoms with Crippen LogP contribution in [0.15, 0.2) is 53.7 Å². The van der Waals surface area contributed by atoms with Crippen molar-refractivity contribution in [1.82, 2.24) is 15.6 Å². The van der Waals surface area contributed by atoms with Gasteiger partial charge in [-0.1, -0.05) is 51.1 Å². The number of hydrogen-bond donors (Lipinski definition) is 2. The smallest absolute Gasteiger partial charge is 0.191 e. The monoisotopic (exact) mass is 338 g/mol. The summed E-state index contributed by atoms with van der Waals surface area (Å²) in [5, 5.41) is 6.78. The van der Waals surface area contributed by atoms with Crippen LogP contribution in [0.3, 0.4) is 0 Å². The molecule has 0 aliphatic heterocycles. The third-order valence-electron chi connectivity index (χ3n) is 4.31. The summed E-state index contributed by atoms with van der Waals surface area (Å²) < 4.78 is 0. The molecule has 1 aromatic heterocycles. The molecular formula is C21H30N4. The van der Waals surface area contributed by atoms with Gasteiger partial charge >= 0.3 is 0 Å². The van der Waals surface area contributed by atoms with E-state index in [9.17, 15) is 0 Å². The third-order valence-corrected chi connectivity index (χ3v) is 4.31. The SMILES string of the molecule is CCNC(=NCc1ccccn1)NCC(C)(C)c1ccc(CC)cc1. The average molecular weight is 338 g/mol. The van der Waals surface area contributed by atoms with Gasteiger partial charge < -0.3 is 10.6 Å². The van der Waals surface area contributed by atoms with Crippen LogP contribution in [0.5, 0.6) is 0 Å². The summed E-state index contributed by atoms with van der Waals surface area (Å²) in [4.78, 5) is 8.96. The second-order valence-electron chi connectivity index (χ2n) is 6.80. The molecule has 0 bridgehead atoms. The molecule has 0 aliphatic carbocycles. The predicted molar refractivity (Wildman–Crippen MR) is 106 cm³/mol. The van der Waals surface area contributed by atoms with E-state index in [-0.39, 0.29) is 5.41 Å². The molecule has 4 heteroatoms. The number of benzene rings is 1. The maximum absolute atomic E-state index is 4.64. The zero-order valence-electron chi connectivity index (χ0n) is 15.8. The van der Waals surface area contributed by atoms with Crippen LogP contribution in [-0.4, -0.2) is 24.0 Å². The number of aromatic nitrogens is 1. The maximum Gasteiger partial charge on any atom is 0.191 e. The third kappa shape index (κ3) is 5.89. The molecule has 2 rings (SSSR count). The number of pyridine rings is 1. The minimum atomic E-state index is 0.0213. The lowest BCUT2D eigenvalue weighted by molar-refractivity contribution is 0.508. The maximum atomic E-state index is 4.64. The highest BCUT2D eigenvalue weighted by atomic mass is 15.2. The number of aryl methyl sites for hydroxylation is 1. The Balaban J connectivity index is 2.00. The van der Waals surface area contributed by atoms with Crippen LogP contribution in [0.2, 0.25) is 0 Å². The van der Waals surface area contributed by atoms with Gasteiger partial charge in [0.2, 0.25) is 0 Å². The highest BCUT2D eigenvalue weighted by Gasteiger charge is 2.20. The van der Waals surface area contributed by atoms with E-state index in [1.165, 1.54) is 11.1 Å². The van der Waals surface area contributed by atoms with Gasteiger partial charge in [0, 0.05) is 24.7 Å². The molecule has 1 heterocycles. The molecule has 1 aromatic carbocycles. The number of guanidine groups is 1. The molecule has 0 saturated heterocycles. The van der Waals surface area contributed by atoms with Crippen LogP contribution in [0.1, 0.15) is 44.5 Å². The molecule has 2 N–H and O–H groups in total. The Morgan fingerprint density at radius 2 is 1.80 bits per heavy atom. The molecule has 2 aromatic rings. The number of hydrogen-bond acceptors (Lipinski definition) is 2. The largest absolute Gasteiger partial charge is 0.357 e. The summed E-state index contributed by atoms with van der Waals surface area (Å²) in [7, 11) is 0. The van der Waals surface area contributed by atoms with Crippen molar-refractivity contribution in [2.24, 2.45) is 4.99 Å². The molecule has 0 aliphatic rings. The van der Waals surface area contributed by atoms with E-state index in [2.05, 4.69) is 72.6 Å². The van der Waals surface area contributed by atoms with Crippen LogP contribution < -0.4 is 10.6 Å². The fraction of sp³-hybridized carbons (Fsp3) is 0.429. The molecule has 134 valence electrons. The quantitative estimate of drug-likeness (QED) is 0.598. The van der Waals surface area contributed by atoms with Crippen molar-refractivity contribution in [3.63, 3.8) is 0 Å². The molecule has 0 atom stereocenters. The molecule has 4 nitrogen and oxygen atoms in total. The summed E-state index contributed by atoms with van der Waals surface area (Å²) in [5.74, 6) is 0.825. The van der Waals surface area contributed by atoms with Gasteiger partial charge in [-0.05, 0) is 36.6 Å². The van der Waals surface area contributed by atoms with Crippen LogP contribution >= 0.6 is 0 Å². The molecular weight excluding hydrogens is 308 g/mol. The Labute approximate surface area is 151 Å². The van der Waals surface area contributed by atoms with Gasteiger partial charge in [0.15, 0.2) is 5.96 Å². The first-order valence-electron chi connectivity index (χ1n) is 9.06. The van der Waals surface area contributed by atoms with Gasteiger partial charge in [-0.15, -0.1) is 0 Å². The fourth-order valence-corrected chi connectivity index (χ4v) is 2.59. The van der Waals surface area contributed by atoms with Gasteiger partial charge in [0.25, 0.3) is 0 Å². The Hall–Kier alpha value is -2.36. The lowest BCUT2D eigenvalue weighted by Crippen LogP contribution is -2.43. The summed E-state index contributed by atoms with van der Waals surface area (Å²) in [5.41, 5.74) is 3.69. The van der Waals surface area contributed by atoms with E-state index in [0.717, 1.165) is 31.2 Å².